The fourth-order valence-electron chi connectivity index (χ4n) is 7.19. The Bertz CT molecular complexity index is 2560. The lowest BCUT2D eigenvalue weighted by molar-refractivity contribution is 0.260. The van der Waals surface area contributed by atoms with Crippen LogP contribution in [0.1, 0.15) is 89.6 Å². The fourth-order valence-corrected chi connectivity index (χ4v) is 8.91. The highest BCUT2D eigenvalue weighted by Crippen LogP contribution is 2.28. The molecule has 2 aromatic carbocycles. The van der Waals surface area contributed by atoms with Gasteiger partial charge in [0.1, 0.15) is 12.0 Å². The summed E-state index contributed by atoms with van der Waals surface area (Å²) in [7, 11) is -3.58. The summed E-state index contributed by atoms with van der Waals surface area (Å²) in [5, 5.41) is 11.7. The predicted octanol–water partition coefficient (Wildman–Crippen LogP) is 4.56. The minimum atomic E-state index is -3.58. The van der Waals surface area contributed by atoms with E-state index >= 15 is 0 Å². The molecule has 5 heterocycles. The highest BCUT2D eigenvalue weighted by molar-refractivity contribution is 7.89. The van der Waals surface area contributed by atoms with Crippen LogP contribution in [0.5, 0.6) is 0 Å². The number of hydrogen-bond donors (Lipinski definition) is 5. The van der Waals surface area contributed by atoms with E-state index in [1.807, 2.05) is 48.8 Å². The van der Waals surface area contributed by atoms with Gasteiger partial charge in [-0.15, -0.1) is 0 Å². The van der Waals surface area contributed by atoms with Gasteiger partial charge in [0.2, 0.25) is 10.0 Å². The molecule has 17 heteroatoms. The number of nitrogens with two attached hydrogens (primary N) is 2. The van der Waals surface area contributed by atoms with Crippen molar-refractivity contribution >= 4 is 32.8 Å². The van der Waals surface area contributed by atoms with Crippen molar-refractivity contribution in [3.8, 4) is 5.69 Å². The molecule has 1 fully saturated rings. The van der Waals surface area contributed by atoms with E-state index < -0.39 is 10.0 Å². The maximum atomic E-state index is 13.6. The molecule has 61 heavy (non-hydrogen) atoms. The average Bonchev–Trinajstić information content (AvgIpc) is 3.88. The van der Waals surface area contributed by atoms with E-state index in [0.29, 0.717) is 35.8 Å². The molecule has 1 aliphatic heterocycles. The first kappa shape index (κ1) is 45.0. The van der Waals surface area contributed by atoms with E-state index in [1.165, 1.54) is 6.33 Å². The monoisotopic (exact) mass is 851 g/mol. The third kappa shape index (κ3) is 11.9. The Morgan fingerprint density at radius 1 is 0.934 bits per heavy atom. The first-order valence-electron chi connectivity index (χ1n) is 20.9. The molecule has 0 unspecified atom stereocenters. The van der Waals surface area contributed by atoms with Crippen LogP contribution in [0.25, 0.3) is 22.5 Å². The molecule has 0 aliphatic carbocycles. The van der Waals surface area contributed by atoms with Crippen molar-refractivity contribution in [3.63, 3.8) is 0 Å². The number of piperidine rings is 1. The topological polar surface area (TPSA) is 220 Å². The zero-order valence-corrected chi connectivity index (χ0v) is 37.0. The molecule has 1 aliphatic rings. The molecule has 326 valence electrons. The Kier molecular flexibility index (Phi) is 14.4. The number of rotatable bonds is 14. The van der Waals surface area contributed by atoms with Crippen molar-refractivity contribution in [2.24, 2.45) is 16.5 Å². The van der Waals surface area contributed by atoms with E-state index in [1.54, 1.807) is 31.7 Å². The molecular formula is C44H61N13O3S. The van der Waals surface area contributed by atoms with Crippen LogP contribution in [0.2, 0.25) is 0 Å². The number of nitrogens with zero attached hydrogens (tertiary/aromatic N) is 8. The molecule has 0 spiro atoms. The standard InChI is InChI=1S/C23H32N6O2S.C21H29N7O/c1-23(2,3)19-6-8-21(9-7-19)32(30,31)29(20-10-12-24-13-11-20)14-4-5-18-15-25-22-26-17-27-28(22)16-18;1-21(2,3)17-11-15-13-28(20(29)27-18(15)26-17)16-7-5-14(6-8-16)12-24-9-4-10-25-19(22)23/h6-9,15-17,20,24H,4-5,10-14H2,1-3H3;5-8,11,13,24H,4,9-10,12H2,1-3H3,(H4,22,23,25)(H,26,27,29). The van der Waals surface area contributed by atoms with Gasteiger partial charge in [-0.2, -0.15) is 19.4 Å². The number of guanidine groups is 1. The Labute approximate surface area is 358 Å². The maximum Gasteiger partial charge on any atom is 0.354 e. The number of sulfonamides is 1. The summed E-state index contributed by atoms with van der Waals surface area (Å²) in [5.41, 5.74) is 16.0. The van der Waals surface area contributed by atoms with Crippen LogP contribution in [-0.4, -0.2) is 91.6 Å². The van der Waals surface area contributed by atoms with Crippen molar-refractivity contribution in [2.45, 2.75) is 102 Å². The van der Waals surface area contributed by atoms with Gasteiger partial charge in [-0.05, 0) is 104 Å². The van der Waals surface area contributed by atoms with Crippen LogP contribution in [0.15, 0.2) is 94.2 Å². The summed E-state index contributed by atoms with van der Waals surface area (Å²) in [5.74, 6) is 0.684. The number of aliphatic imine (C=N–C) groups is 1. The molecule has 4 aromatic heterocycles. The van der Waals surface area contributed by atoms with Crippen LogP contribution in [0.4, 0.5) is 0 Å². The first-order chi connectivity index (χ1) is 29.0. The molecular weight excluding hydrogens is 791 g/mol. The van der Waals surface area contributed by atoms with Gasteiger partial charge in [0.15, 0.2) is 5.96 Å². The van der Waals surface area contributed by atoms with Gasteiger partial charge in [0.25, 0.3) is 5.78 Å². The second kappa shape index (κ2) is 19.5. The lowest BCUT2D eigenvalue weighted by Gasteiger charge is -2.34. The summed E-state index contributed by atoms with van der Waals surface area (Å²) in [6.45, 7) is 17.1. The quantitative estimate of drug-likeness (QED) is 0.0581. The van der Waals surface area contributed by atoms with Crippen LogP contribution in [0.3, 0.4) is 0 Å². The van der Waals surface area contributed by atoms with E-state index in [0.717, 1.165) is 85.3 Å². The number of fused-ring (bicyclic) bond motifs is 2. The highest BCUT2D eigenvalue weighted by Gasteiger charge is 2.32. The van der Waals surface area contributed by atoms with E-state index in [-0.39, 0.29) is 28.5 Å². The Hall–Kier alpha value is -5.49. The highest BCUT2D eigenvalue weighted by atomic mass is 32.2. The number of benzene rings is 2. The van der Waals surface area contributed by atoms with Crippen molar-refractivity contribution in [1.82, 2.24) is 49.1 Å². The number of nitrogens with one attached hydrogen (secondary N) is 3. The number of aromatic nitrogens is 7. The van der Waals surface area contributed by atoms with E-state index in [2.05, 4.69) is 88.3 Å². The van der Waals surface area contributed by atoms with Gasteiger partial charge in [-0.1, -0.05) is 65.8 Å². The van der Waals surface area contributed by atoms with Gasteiger partial charge in [0, 0.05) is 60.8 Å². The van der Waals surface area contributed by atoms with Gasteiger partial charge in [0.05, 0.1) is 10.6 Å². The van der Waals surface area contributed by atoms with Gasteiger partial charge in [-0.3, -0.25) is 9.56 Å². The van der Waals surface area contributed by atoms with E-state index in [4.69, 9.17) is 11.5 Å². The molecule has 7 N–H and O–H groups in total. The summed E-state index contributed by atoms with van der Waals surface area (Å²) in [6, 6.07) is 17.3. The summed E-state index contributed by atoms with van der Waals surface area (Å²) < 4.78 is 32.2. The minimum Gasteiger partial charge on any atom is -0.370 e. The summed E-state index contributed by atoms with van der Waals surface area (Å²) in [4.78, 5) is 32.6. The van der Waals surface area contributed by atoms with Gasteiger partial charge < -0.3 is 27.1 Å². The third-order valence-electron chi connectivity index (χ3n) is 10.7. The Balaban J connectivity index is 0.000000205. The second-order valence-corrected chi connectivity index (χ2v) is 19.5. The van der Waals surface area contributed by atoms with Gasteiger partial charge >= 0.3 is 5.69 Å². The molecule has 1 saturated heterocycles. The van der Waals surface area contributed by atoms with Crippen molar-refractivity contribution in [1.29, 1.82) is 0 Å². The van der Waals surface area contributed by atoms with Crippen molar-refractivity contribution in [2.75, 3.05) is 32.7 Å². The summed E-state index contributed by atoms with van der Waals surface area (Å²) in [6.07, 6.45) is 11.0. The number of aromatic amines is 1. The van der Waals surface area contributed by atoms with Crippen LogP contribution in [-0.2, 0) is 33.8 Å². The lowest BCUT2D eigenvalue weighted by Crippen LogP contribution is -2.46. The van der Waals surface area contributed by atoms with Crippen LogP contribution >= 0.6 is 0 Å². The fraction of sp³-hybridized carbons (Fsp3) is 0.455. The molecule has 7 rings (SSSR count). The number of H-pyrrole nitrogens is 1. The maximum absolute atomic E-state index is 13.6. The zero-order chi connectivity index (χ0) is 43.8. The van der Waals surface area contributed by atoms with Crippen LogP contribution < -0.4 is 27.8 Å². The Morgan fingerprint density at radius 3 is 2.33 bits per heavy atom. The lowest BCUT2D eigenvalue weighted by atomic mass is 9.87. The van der Waals surface area contributed by atoms with Crippen LogP contribution in [0, 0.1) is 0 Å². The molecule has 0 bridgehead atoms. The molecule has 0 radical (unpaired) electrons. The van der Waals surface area contributed by atoms with Gasteiger partial charge in [-0.25, -0.2) is 22.7 Å². The minimum absolute atomic E-state index is 0.0134. The third-order valence-corrected chi connectivity index (χ3v) is 12.7. The summed E-state index contributed by atoms with van der Waals surface area (Å²) >= 11 is 0. The smallest absolute Gasteiger partial charge is 0.354 e. The first-order valence-corrected chi connectivity index (χ1v) is 22.4. The van der Waals surface area contributed by atoms with Crippen molar-refractivity contribution < 1.29 is 8.42 Å². The van der Waals surface area contributed by atoms with Crippen molar-refractivity contribution in [3.05, 3.63) is 112 Å². The predicted molar refractivity (Wildman–Crippen MR) is 241 cm³/mol. The normalized spacial score (nSPS) is 14.0. The molecule has 0 amide bonds. The SMILES string of the molecule is CC(C)(C)c1cc2cn(-c3ccc(CNCCCN=C(N)N)cc3)c(=O)nc2[nH]1.CC(C)(C)c1ccc(S(=O)(=O)N(CCCc2cnc3ncnn3c2)C2CCNCC2)cc1. The molecule has 0 saturated carbocycles. The van der Waals surface area contributed by atoms with E-state index in [9.17, 15) is 13.2 Å². The second-order valence-electron chi connectivity index (χ2n) is 17.6. The number of hydrogen-bond acceptors (Lipinski definition) is 10. The largest absolute Gasteiger partial charge is 0.370 e. The zero-order valence-electron chi connectivity index (χ0n) is 36.2. The molecule has 16 nitrogen and oxygen atoms in total. The Morgan fingerprint density at radius 2 is 1.66 bits per heavy atom. The number of aryl methyl sites for hydroxylation is 1. The average molecular weight is 852 g/mol. The molecule has 6 aromatic rings. The molecule has 0 atom stereocenters.